The quantitative estimate of drug-likeness (QED) is 0.814. The van der Waals surface area contributed by atoms with E-state index in [0.29, 0.717) is 19.5 Å². The second-order valence-electron chi connectivity index (χ2n) is 8.15. The van der Waals surface area contributed by atoms with Gasteiger partial charge in [-0.05, 0) is 31.4 Å². The molecule has 1 fully saturated rings. The van der Waals surface area contributed by atoms with Crippen LogP contribution in [0.25, 0.3) is 0 Å². The fourth-order valence-corrected chi connectivity index (χ4v) is 4.54. The van der Waals surface area contributed by atoms with E-state index in [1.165, 1.54) is 7.11 Å². The van der Waals surface area contributed by atoms with Crippen molar-refractivity contribution >= 4 is 17.7 Å². The third kappa shape index (κ3) is 3.38. The molecule has 0 bridgehead atoms. The highest BCUT2D eigenvalue weighted by molar-refractivity contribution is 6.06. The summed E-state index contributed by atoms with van der Waals surface area (Å²) < 4.78 is 4.83. The Labute approximate surface area is 160 Å². The van der Waals surface area contributed by atoms with Gasteiger partial charge >= 0.3 is 5.97 Å². The molecule has 1 N–H and O–H groups in total. The monoisotopic (exact) mass is 372 g/mol. The maximum absolute atomic E-state index is 13.4. The first-order valence-electron chi connectivity index (χ1n) is 9.49. The Morgan fingerprint density at radius 1 is 1.30 bits per heavy atom. The summed E-state index contributed by atoms with van der Waals surface area (Å²) in [6, 6.07) is 6.95. The van der Waals surface area contributed by atoms with Gasteiger partial charge in [-0.3, -0.25) is 9.59 Å². The lowest BCUT2D eigenvalue weighted by atomic mass is 9.64. The molecule has 1 aliphatic carbocycles. The lowest BCUT2D eigenvalue weighted by Gasteiger charge is -2.37. The average Bonchev–Trinajstić information content (AvgIpc) is 2.99. The summed E-state index contributed by atoms with van der Waals surface area (Å²) in [5.41, 5.74) is 1.05. The van der Waals surface area contributed by atoms with Crippen molar-refractivity contribution in [2.75, 3.05) is 27.2 Å². The largest absolute Gasteiger partial charge is 0.467 e. The van der Waals surface area contributed by atoms with Gasteiger partial charge in [0.25, 0.3) is 0 Å². The molecule has 1 heterocycles. The summed E-state index contributed by atoms with van der Waals surface area (Å²) in [6.07, 6.45) is 1.43. The normalized spacial score (nSPS) is 26.1. The summed E-state index contributed by atoms with van der Waals surface area (Å²) in [4.78, 5) is 40.7. The number of ketones is 1. The number of nitrogens with zero attached hydrogens (tertiary/aromatic N) is 1. The minimum absolute atomic E-state index is 0.0491. The van der Waals surface area contributed by atoms with Crippen LogP contribution >= 0.6 is 0 Å². The smallest absolute Gasteiger partial charge is 0.328 e. The van der Waals surface area contributed by atoms with Gasteiger partial charge in [-0.25, -0.2) is 4.79 Å². The zero-order chi connectivity index (χ0) is 19.8. The summed E-state index contributed by atoms with van der Waals surface area (Å²) in [6.45, 7) is 4.79. The summed E-state index contributed by atoms with van der Waals surface area (Å²) in [5, 5.41) is 2.85. The lowest BCUT2D eigenvalue weighted by Crippen LogP contribution is -2.53. The molecule has 6 nitrogen and oxygen atoms in total. The number of ether oxygens (including phenoxy) is 1. The van der Waals surface area contributed by atoms with Crippen molar-refractivity contribution in [3.8, 4) is 0 Å². The number of methoxy groups -OCH3 is 1. The number of carbonyl (C=O) groups excluding carboxylic acids is 3. The van der Waals surface area contributed by atoms with Gasteiger partial charge < -0.3 is 15.0 Å². The van der Waals surface area contributed by atoms with Gasteiger partial charge in [0.05, 0.1) is 18.4 Å². The van der Waals surface area contributed by atoms with E-state index in [4.69, 9.17) is 4.74 Å². The summed E-state index contributed by atoms with van der Waals surface area (Å²) >= 11 is 0. The van der Waals surface area contributed by atoms with Crippen molar-refractivity contribution in [2.45, 2.75) is 32.7 Å². The number of nitrogens with one attached hydrogen (secondary N) is 1. The van der Waals surface area contributed by atoms with Crippen molar-refractivity contribution in [3.63, 3.8) is 0 Å². The molecular weight excluding hydrogens is 344 g/mol. The zero-order valence-corrected chi connectivity index (χ0v) is 16.5. The van der Waals surface area contributed by atoms with Crippen molar-refractivity contribution in [2.24, 2.45) is 17.3 Å². The predicted molar refractivity (Wildman–Crippen MR) is 101 cm³/mol. The highest BCUT2D eigenvalue weighted by Crippen LogP contribution is 2.46. The predicted octanol–water partition coefficient (Wildman–Crippen LogP) is 1.68. The van der Waals surface area contributed by atoms with Crippen LogP contribution in [0.5, 0.6) is 0 Å². The van der Waals surface area contributed by atoms with Gasteiger partial charge in [0.2, 0.25) is 5.91 Å². The van der Waals surface area contributed by atoms with Gasteiger partial charge in [0.1, 0.15) is 6.04 Å². The highest BCUT2D eigenvalue weighted by atomic mass is 16.5. The van der Waals surface area contributed by atoms with E-state index >= 15 is 0 Å². The molecule has 1 aromatic carbocycles. The summed E-state index contributed by atoms with van der Waals surface area (Å²) in [5.74, 6) is -1.23. The third-order valence-electron chi connectivity index (χ3n) is 6.00. The first kappa shape index (κ1) is 19.5. The molecule has 3 atom stereocenters. The molecule has 1 amide bonds. The van der Waals surface area contributed by atoms with E-state index in [9.17, 15) is 14.4 Å². The first-order valence-corrected chi connectivity index (χ1v) is 9.49. The summed E-state index contributed by atoms with van der Waals surface area (Å²) in [7, 11) is 3.25. The molecular formula is C21H28N2O4. The number of hydrogen-bond acceptors (Lipinski definition) is 5. The van der Waals surface area contributed by atoms with Crippen molar-refractivity contribution in [1.82, 2.24) is 10.2 Å². The molecule has 6 heteroatoms. The molecule has 2 aliphatic rings. The van der Waals surface area contributed by atoms with E-state index in [1.54, 1.807) is 0 Å². The van der Waals surface area contributed by atoms with E-state index in [1.807, 2.05) is 50.1 Å². The van der Waals surface area contributed by atoms with Crippen LogP contribution in [0, 0.1) is 17.3 Å². The third-order valence-corrected chi connectivity index (χ3v) is 6.00. The zero-order valence-electron chi connectivity index (χ0n) is 16.5. The Morgan fingerprint density at radius 2 is 2.00 bits per heavy atom. The Morgan fingerprint density at radius 3 is 2.67 bits per heavy atom. The van der Waals surface area contributed by atoms with Crippen molar-refractivity contribution in [1.29, 1.82) is 0 Å². The maximum atomic E-state index is 13.4. The number of fused-ring (bicyclic) bond motifs is 1. The van der Waals surface area contributed by atoms with Crippen molar-refractivity contribution in [3.05, 3.63) is 35.4 Å². The fraction of sp³-hybridized carbons (Fsp3) is 0.571. The van der Waals surface area contributed by atoms with Crippen LogP contribution in [-0.2, 0) is 20.7 Å². The topological polar surface area (TPSA) is 75.7 Å². The number of benzene rings is 1. The number of likely N-dealkylation sites (tertiary alicyclic amines) is 1. The Kier molecular flexibility index (Phi) is 5.38. The minimum atomic E-state index is -0.731. The lowest BCUT2D eigenvalue weighted by molar-refractivity contribution is -0.147. The molecule has 0 saturated carbocycles. The van der Waals surface area contributed by atoms with Gasteiger partial charge in [-0.1, -0.05) is 38.1 Å². The Balaban J connectivity index is 1.90. The molecule has 1 saturated heterocycles. The van der Waals surface area contributed by atoms with Crippen molar-refractivity contribution < 1.29 is 19.1 Å². The van der Waals surface area contributed by atoms with Gasteiger partial charge in [-0.15, -0.1) is 0 Å². The number of hydrogen-bond donors (Lipinski definition) is 1. The molecule has 1 spiro atoms. The Bertz CT molecular complexity index is 760. The van der Waals surface area contributed by atoms with Crippen LogP contribution in [0.2, 0.25) is 0 Å². The standard InChI is InChI=1S/C21H28N2O4/c1-13(2)17(20(26)27-4)22-19(25)16-11-23(3)12-21(16)10-9-14-7-5-6-8-15(14)18(21)24/h5-8,13,16-17H,9-12H2,1-4H3,(H,22,25)/t16-,17+,21+/m1/s1. The second kappa shape index (κ2) is 7.43. The molecule has 146 valence electrons. The fourth-order valence-electron chi connectivity index (χ4n) is 4.54. The Hall–Kier alpha value is -2.21. The number of aryl methyl sites for hydroxylation is 1. The van der Waals surface area contributed by atoms with Crippen LogP contribution in [-0.4, -0.2) is 55.8 Å². The first-order chi connectivity index (χ1) is 12.8. The molecule has 0 radical (unpaired) electrons. The maximum Gasteiger partial charge on any atom is 0.328 e. The van der Waals surface area contributed by atoms with Crippen LogP contribution < -0.4 is 5.32 Å². The number of carbonyl (C=O) groups is 3. The number of Topliss-reactive ketones (excluding diaryl/α,β-unsaturated/α-hetero) is 1. The SMILES string of the molecule is COC(=O)[C@@H](NC(=O)[C@H]1CN(C)C[C@@]12CCc1ccccc1C2=O)C(C)C. The number of rotatable bonds is 4. The van der Waals surface area contributed by atoms with Crippen LogP contribution in [0.1, 0.15) is 36.2 Å². The van der Waals surface area contributed by atoms with E-state index < -0.39 is 23.3 Å². The van der Waals surface area contributed by atoms with Gasteiger partial charge in [0, 0.05) is 18.7 Å². The van der Waals surface area contributed by atoms with E-state index in [2.05, 4.69) is 5.32 Å². The number of esters is 1. The molecule has 27 heavy (non-hydrogen) atoms. The van der Waals surface area contributed by atoms with Gasteiger partial charge in [0.15, 0.2) is 5.78 Å². The number of amides is 1. The molecule has 1 aliphatic heterocycles. The second-order valence-corrected chi connectivity index (χ2v) is 8.15. The van der Waals surface area contributed by atoms with Gasteiger partial charge in [-0.2, -0.15) is 0 Å². The van der Waals surface area contributed by atoms with E-state index in [-0.39, 0.29) is 17.6 Å². The molecule has 1 aromatic rings. The minimum Gasteiger partial charge on any atom is -0.467 e. The molecule has 0 unspecified atom stereocenters. The molecule has 3 rings (SSSR count). The van der Waals surface area contributed by atoms with Crippen LogP contribution in [0.15, 0.2) is 24.3 Å². The van der Waals surface area contributed by atoms with E-state index in [0.717, 1.165) is 17.5 Å². The van der Waals surface area contributed by atoms with Crippen LogP contribution in [0.3, 0.4) is 0 Å². The molecule has 0 aromatic heterocycles. The highest BCUT2D eigenvalue weighted by Gasteiger charge is 2.55. The van der Waals surface area contributed by atoms with Crippen LogP contribution in [0.4, 0.5) is 0 Å². The average molecular weight is 372 g/mol.